The smallest absolute Gasteiger partial charge is 0.191 e. The van der Waals surface area contributed by atoms with Crippen molar-refractivity contribution in [3.8, 4) is 5.75 Å². The highest BCUT2D eigenvalue weighted by atomic mass is 16.5. The number of hydrogen-bond donors (Lipinski definition) is 2. The highest BCUT2D eigenvalue weighted by Gasteiger charge is 2.06. The molecule has 1 heterocycles. The van der Waals surface area contributed by atoms with E-state index in [1.54, 1.807) is 13.4 Å². The third-order valence-electron chi connectivity index (χ3n) is 3.79. The van der Waals surface area contributed by atoms with Gasteiger partial charge in [-0.2, -0.15) is 0 Å². The molecule has 0 spiro atoms. The fourth-order valence-electron chi connectivity index (χ4n) is 2.33. The molecule has 0 bridgehead atoms. The first-order valence-corrected chi connectivity index (χ1v) is 8.28. The van der Waals surface area contributed by atoms with Gasteiger partial charge in [-0.3, -0.25) is 0 Å². The number of nitrogens with zero attached hydrogens (tertiary/aromatic N) is 2. The molecule has 0 amide bonds. The summed E-state index contributed by atoms with van der Waals surface area (Å²) in [6.07, 6.45) is 2.57. The largest absolute Gasteiger partial charge is 0.497 e. The van der Waals surface area contributed by atoms with Gasteiger partial charge < -0.3 is 19.9 Å². The average molecular weight is 330 g/mol. The van der Waals surface area contributed by atoms with Crippen LogP contribution in [0.15, 0.2) is 46.1 Å². The maximum Gasteiger partial charge on any atom is 0.191 e. The van der Waals surface area contributed by atoms with Crippen LogP contribution < -0.4 is 15.4 Å². The Labute approximate surface area is 143 Å². The van der Waals surface area contributed by atoms with E-state index < -0.39 is 0 Å². The summed E-state index contributed by atoms with van der Waals surface area (Å²) in [5.41, 5.74) is 2.13. The first kappa shape index (κ1) is 17.8. The minimum Gasteiger partial charge on any atom is -0.497 e. The van der Waals surface area contributed by atoms with Crippen molar-refractivity contribution in [3.63, 3.8) is 0 Å². The van der Waals surface area contributed by atoms with Crippen LogP contribution in [-0.4, -0.2) is 31.3 Å². The van der Waals surface area contributed by atoms with Gasteiger partial charge in [-0.25, -0.2) is 4.99 Å². The van der Waals surface area contributed by atoms with E-state index in [1.807, 2.05) is 25.1 Å². The van der Waals surface area contributed by atoms with Gasteiger partial charge in [0.1, 0.15) is 17.7 Å². The van der Waals surface area contributed by atoms with Gasteiger partial charge in [-0.15, -0.1) is 0 Å². The number of hydrogen-bond acceptors (Lipinski definition) is 4. The fourth-order valence-corrected chi connectivity index (χ4v) is 2.33. The Hall–Kier alpha value is -2.50. The zero-order valence-electron chi connectivity index (χ0n) is 14.6. The number of nitrogens with one attached hydrogen (secondary N) is 2. The van der Waals surface area contributed by atoms with E-state index in [4.69, 9.17) is 9.26 Å². The number of methoxy groups -OCH3 is 1. The van der Waals surface area contributed by atoms with Crippen LogP contribution in [0.5, 0.6) is 5.75 Å². The summed E-state index contributed by atoms with van der Waals surface area (Å²) >= 11 is 0. The molecule has 0 radical (unpaired) electrons. The van der Waals surface area contributed by atoms with Crippen molar-refractivity contribution in [2.45, 2.75) is 32.7 Å². The molecule has 130 valence electrons. The van der Waals surface area contributed by atoms with Crippen molar-refractivity contribution < 1.29 is 9.26 Å². The fraction of sp³-hybridized carbons (Fsp3) is 0.444. The second-order valence-corrected chi connectivity index (χ2v) is 5.58. The first-order chi connectivity index (χ1) is 11.7. The summed E-state index contributed by atoms with van der Waals surface area (Å²) in [6.45, 7) is 6.44. The molecule has 0 aliphatic rings. The molecule has 24 heavy (non-hydrogen) atoms. The number of aliphatic imine (C=N–C) groups is 1. The summed E-state index contributed by atoms with van der Waals surface area (Å²) in [5, 5.41) is 10.5. The van der Waals surface area contributed by atoms with E-state index >= 15 is 0 Å². The van der Waals surface area contributed by atoms with Crippen molar-refractivity contribution in [1.82, 2.24) is 15.8 Å². The number of benzene rings is 1. The van der Waals surface area contributed by atoms with Gasteiger partial charge >= 0.3 is 0 Å². The number of aromatic nitrogens is 1. The minimum atomic E-state index is 0.460. The summed E-state index contributed by atoms with van der Waals surface area (Å²) < 4.78 is 10.0. The average Bonchev–Trinajstić information content (AvgIpc) is 3.13. The number of ether oxygens (including phenoxy) is 1. The summed E-state index contributed by atoms with van der Waals surface area (Å²) in [5.74, 6) is 2.14. The highest BCUT2D eigenvalue weighted by molar-refractivity contribution is 5.79. The van der Waals surface area contributed by atoms with Crippen LogP contribution in [0.4, 0.5) is 0 Å². The lowest BCUT2D eigenvalue weighted by Crippen LogP contribution is -2.38. The zero-order chi connectivity index (χ0) is 17.2. The third-order valence-corrected chi connectivity index (χ3v) is 3.79. The Morgan fingerprint density at radius 3 is 2.67 bits per heavy atom. The van der Waals surface area contributed by atoms with Crippen LogP contribution in [0, 0.1) is 0 Å². The normalized spacial score (nSPS) is 12.7. The Bertz CT molecular complexity index is 608. The zero-order valence-corrected chi connectivity index (χ0v) is 14.6. The van der Waals surface area contributed by atoms with Crippen LogP contribution in [0.2, 0.25) is 0 Å². The van der Waals surface area contributed by atoms with E-state index in [0.29, 0.717) is 12.5 Å². The Morgan fingerprint density at radius 1 is 1.25 bits per heavy atom. The van der Waals surface area contributed by atoms with E-state index in [0.717, 1.165) is 36.9 Å². The molecule has 6 heteroatoms. The van der Waals surface area contributed by atoms with Gasteiger partial charge in [-0.1, -0.05) is 24.2 Å². The van der Waals surface area contributed by atoms with Crippen LogP contribution >= 0.6 is 0 Å². The Morgan fingerprint density at radius 2 is 2.04 bits per heavy atom. The maximum atomic E-state index is 5.20. The number of rotatable bonds is 8. The summed E-state index contributed by atoms with van der Waals surface area (Å²) in [4.78, 5) is 4.50. The van der Waals surface area contributed by atoms with Crippen LogP contribution in [0.25, 0.3) is 0 Å². The number of guanidine groups is 1. The molecule has 0 saturated heterocycles. The van der Waals surface area contributed by atoms with Crippen molar-refractivity contribution in [2.24, 2.45) is 4.99 Å². The molecule has 1 aromatic heterocycles. The Kier molecular flexibility index (Phi) is 7.14. The SMILES string of the molecule is CCNC(=NCc1ccon1)NCCC(C)c1ccc(OC)cc1. The van der Waals surface area contributed by atoms with E-state index in [1.165, 1.54) is 5.56 Å². The van der Waals surface area contributed by atoms with Gasteiger partial charge in [0.05, 0.1) is 13.7 Å². The molecule has 1 aromatic carbocycles. The van der Waals surface area contributed by atoms with E-state index in [9.17, 15) is 0 Å². The molecular formula is C18H26N4O2. The lowest BCUT2D eigenvalue weighted by atomic mass is 9.98. The van der Waals surface area contributed by atoms with E-state index in [2.05, 4.69) is 39.8 Å². The molecule has 1 unspecified atom stereocenters. The molecule has 2 rings (SSSR count). The predicted octanol–water partition coefficient (Wildman–Crippen LogP) is 2.93. The second-order valence-electron chi connectivity index (χ2n) is 5.58. The van der Waals surface area contributed by atoms with Gasteiger partial charge in [-0.05, 0) is 37.0 Å². The van der Waals surface area contributed by atoms with Gasteiger partial charge in [0.15, 0.2) is 5.96 Å². The van der Waals surface area contributed by atoms with Crippen molar-refractivity contribution >= 4 is 5.96 Å². The summed E-state index contributed by atoms with van der Waals surface area (Å²) in [6, 6.07) is 10.1. The van der Waals surface area contributed by atoms with Crippen LogP contribution in [0.1, 0.15) is 37.4 Å². The quantitative estimate of drug-likeness (QED) is 0.575. The monoisotopic (exact) mass is 330 g/mol. The second kappa shape index (κ2) is 9.60. The van der Waals surface area contributed by atoms with Gasteiger partial charge in [0.2, 0.25) is 0 Å². The molecule has 0 aliphatic heterocycles. The Balaban J connectivity index is 1.81. The van der Waals surface area contributed by atoms with Crippen LogP contribution in [0.3, 0.4) is 0 Å². The molecule has 0 fully saturated rings. The molecule has 2 N–H and O–H groups in total. The van der Waals surface area contributed by atoms with Crippen molar-refractivity contribution in [3.05, 3.63) is 47.9 Å². The standard InChI is InChI=1S/C18H26N4O2/c1-4-19-18(21-13-16-10-12-24-22-16)20-11-9-14(2)15-5-7-17(23-3)8-6-15/h5-8,10,12,14H,4,9,11,13H2,1-3H3,(H2,19,20,21). The molecule has 1 atom stereocenters. The lowest BCUT2D eigenvalue weighted by Gasteiger charge is -2.15. The highest BCUT2D eigenvalue weighted by Crippen LogP contribution is 2.21. The van der Waals surface area contributed by atoms with Gasteiger partial charge in [0.25, 0.3) is 0 Å². The van der Waals surface area contributed by atoms with Crippen molar-refractivity contribution in [1.29, 1.82) is 0 Å². The third kappa shape index (κ3) is 5.61. The van der Waals surface area contributed by atoms with Crippen LogP contribution in [-0.2, 0) is 6.54 Å². The molecule has 6 nitrogen and oxygen atoms in total. The molecule has 0 aliphatic carbocycles. The molecular weight excluding hydrogens is 304 g/mol. The predicted molar refractivity (Wildman–Crippen MR) is 95.3 cm³/mol. The van der Waals surface area contributed by atoms with Crippen molar-refractivity contribution in [2.75, 3.05) is 20.2 Å². The first-order valence-electron chi connectivity index (χ1n) is 8.28. The van der Waals surface area contributed by atoms with Gasteiger partial charge in [0, 0.05) is 19.2 Å². The maximum absolute atomic E-state index is 5.20. The van der Waals surface area contributed by atoms with E-state index in [-0.39, 0.29) is 0 Å². The topological polar surface area (TPSA) is 71.7 Å². The summed E-state index contributed by atoms with van der Waals surface area (Å²) in [7, 11) is 1.68. The molecule has 2 aromatic rings. The minimum absolute atomic E-state index is 0.460. The molecule has 0 saturated carbocycles. The lowest BCUT2D eigenvalue weighted by molar-refractivity contribution is 0.412.